The van der Waals surface area contributed by atoms with Crippen LogP contribution in [0.5, 0.6) is 0 Å². The summed E-state index contributed by atoms with van der Waals surface area (Å²) in [6.45, 7) is 0. The second kappa shape index (κ2) is 4.38. The number of rotatable bonds is 2. The number of carboxylic acids is 1. The van der Waals surface area contributed by atoms with Gasteiger partial charge < -0.3 is 15.8 Å². The van der Waals surface area contributed by atoms with Gasteiger partial charge in [-0.3, -0.25) is 4.79 Å². The zero-order chi connectivity index (χ0) is 13.5. The number of nitrogens with one attached hydrogen (secondary N) is 1. The first kappa shape index (κ1) is 12.2. The van der Waals surface area contributed by atoms with Crippen LogP contribution in [-0.4, -0.2) is 21.6 Å². The summed E-state index contributed by atoms with van der Waals surface area (Å²) in [4.78, 5) is 14.8. The quantitative estimate of drug-likeness (QED) is 0.774. The molecule has 0 aliphatic heterocycles. The minimum absolute atomic E-state index is 0.116. The molecule has 1 heterocycles. The van der Waals surface area contributed by atoms with Crippen molar-refractivity contribution in [3.63, 3.8) is 0 Å². The van der Waals surface area contributed by atoms with E-state index in [1.54, 1.807) is 0 Å². The lowest BCUT2D eigenvalue weighted by Crippen LogP contribution is -2.54. The molecule has 1 aliphatic carbocycles. The van der Waals surface area contributed by atoms with Gasteiger partial charge in [-0.25, -0.2) is 0 Å². The Balaban J connectivity index is 2.11. The molecule has 0 amide bonds. The van der Waals surface area contributed by atoms with E-state index in [1.165, 1.54) is 0 Å². The average Bonchev–Trinajstić information content (AvgIpc) is 2.83. The van der Waals surface area contributed by atoms with Gasteiger partial charge in [-0.2, -0.15) is 0 Å². The van der Waals surface area contributed by atoms with Gasteiger partial charge in [0, 0.05) is 23.0 Å². The van der Waals surface area contributed by atoms with E-state index in [1.807, 2.05) is 30.5 Å². The number of aromatic amines is 1. The van der Waals surface area contributed by atoms with Crippen LogP contribution in [0.1, 0.15) is 37.2 Å². The number of carboxylic acid groups (broad SMARTS) is 1. The third-order valence-electron chi connectivity index (χ3n) is 4.35. The Kier molecular flexibility index (Phi) is 2.82. The van der Waals surface area contributed by atoms with Crippen molar-refractivity contribution in [3.8, 4) is 0 Å². The SMILES string of the molecule is NC1(C(=O)O)CCCCC1c1c[nH]c2ccccc12. The molecule has 4 N–H and O–H groups in total. The van der Waals surface area contributed by atoms with E-state index in [0.717, 1.165) is 35.7 Å². The molecule has 1 aliphatic rings. The molecule has 0 spiro atoms. The maximum atomic E-state index is 11.6. The normalized spacial score (nSPS) is 27.5. The van der Waals surface area contributed by atoms with Crippen LogP contribution in [0, 0.1) is 0 Å². The lowest BCUT2D eigenvalue weighted by atomic mass is 9.70. The highest BCUT2D eigenvalue weighted by Gasteiger charge is 2.45. The molecule has 0 radical (unpaired) electrons. The Bertz CT molecular complexity index is 619. The number of benzene rings is 1. The molecule has 1 saturated carbocycles. The number of aromatic nitrogens is 1. The molecule has 1 aromatic carbocycles. The summed E-state index contributed by atoms with van der Waals surface area (Å²) in [7, 11) is 0. The third-order valence-corrected chi connectivity index (χ3v) is 4.35. The van der Waals surface area contributed by atoms with Crippen molar-refractivity contribution in [2.24, 2.45) is 5.73 Å². The maximum absolute atomic E-state index is 11.6. The fourth-order valence-corrected chi connectivity index (χ4v) is 3.27. The summed E-state index contributed by atoms with van der Waals surface area (Å²) in [5, 5.41) is 10.6. The minimum Gasteiger partial charge on any atom is -0.480 e. The first-order chi connectivity index (χ1) is 9.13. The number of fused-ring (bicyclic) bond motifs is 1. The molecule has 0 saturated heterocycles. The van der Waals surface area contributed by atoms with Crippen molar-refractivity contribution in [2.75, 3.05) is 0 Å². The summed E-state index contributed by atoms with van der Waals surface area (Å²) in [5.74, 6) is -1.00. The molecule has 3 rings (SSSR count). The van der Waals surface area contributed by atoms with Gasteiger partial charge in [0.05, 0.1) is 0 Å². The highest BCUT2D eigenvalue weighted by Crippen LogP contribution is 2.42. The smallest absolute Gasteiger partial charge is 0.324 e. The zero-order valence-corrected chi connectivity index (χ0v) is 10.7. The Morgan fingerprint density at radius 2 is 2.16 bits per heavy atom. The van der Waals surface area contributed by atoms with Crippen molar-refractivity contribution in [2.45, 2.75) is 37.1 Å². The van der Waals surface area contributed by atoms with Crippen LogP contribution < -0.4 is 5.73 Å². The highest BCUT2D eigenvalue weighted by molar-refractivity contribution is 5.87. The highest BCUT2D eigenvalue weighted by atomic mass is 16.4. The van der Waals surface area contributed by atoms with E-state index in [2.05, 4.69) is 4.98 Å². The van der Waals surface area contributed by atoms with Crippen LogP contribution in [0.2, 0.25) is 0 Å². The predicted octanol–water partition coefficient (Wildman–Crippen LogP) is 2.61. The Hall–Kier alpha value is -1.81. The average molecular weight is 258 g/mol. The number of para-hydroxylation sites is 1. The fourth-order valence-electron chi connectivity index (χ4n) is 3.27. The van der Waals surface area contributed by atoms with Crippen LogP contribution in [0.25, 0.3) is 10.9 Å². The first-order valence-corrected chi connectivity index (χ1v) is 6.71. The molecule has 19 heavy (non-hydrogen) atoms. The summed E-state index contributed by atoms with van der Waals surface area (Å²) in [5.41, 5.74) is 7.16. The van der Waals surface area contributed by atoms with Gasteiger partial charge in [0.1, 0.15) is 5.54 Å². The number of H-pyrrole nitrogens is 1. The zero-order valence-electron chi connectivity index (χ0n) is 10.7. The molecule has 4 nitrogen and oxygen atoms in total. The fraction of sp³-hybridized carbons (Fsp3) is 0.400. The third kappa shape index (κ3) is 1.83. The predicted molar refractivity (Wildman–Crippen MR) is 74.1 cm³/mol. The number of nitrogens with two attached hydrogens (primary N) is 1. The Morgan fingerprint density at radius 3 is 2.95 bits per heavy atom. The van der Waals surface area contributed by atoms with Crippen LogP contribution in [0.15, 0.2) is 30.5 Å². The van der Waals surface area contributed by atoms with Gasteiger partial charge in [-0.1, -0.05) is 31.0 Å². The van der Waals surface area contributed by atoms with E-state index in [-0.39, 0.29) is 5.92 Å². The van der Waals surface area contributed by atoms with Crippen LogP contribution in [-0.2, 0) is 4.79 Å². The number of hydrogen-bond acceptors (Lipinski definition) is 2. The lowest BCUT2D eigenvalue weighted by Gasteiger charge is -2.37. The van der Waals surface area contributed by atoms with Crippen LogP contribution in [0.3, 0.4) is 0 Å². The summed E-state index contributed by atoms with van der Waals surface area (Å²) >= 11 is 0. The molecule has 100 valence electrons. The summed E-state index contributed by atoms with van der Waals surface area (Å²) in [6, 6.07) is 7.97. The monoisotopic (exact) mass is 258 g/mol. The van der Waals surface area contributed by atoms with Crippen molar-refractivity contribution in [3.05, 3.63) is 36.0 Å². The van der Waals surface area contributed by atoms with Crippen molar-refractivity contribution in [1.29, 1.82) is 0 Å². The molecule has 2 aromatic rings. The van der Waals surface area contributed by atoms with Gasteiger partial charge in [-0.05, 0) is 24.5 Å². The number of aliphatic carboxylic acids is 1. The van der Waals surface area contributed by atoms with Crippen LogP contribution in [0.4, 0.5) is 0 Å². The summed E-state index contributed by atoms with van der Waals surface area (Å²) in [6.07, 6.45) is 5.24. The van der Waals surface area contributed by atoms with Crippen molar-refractivity contribution in [1.82, 2.24) is 4.98 Å². The first-order valence-electron chi connectivity index (χ1n) is 6.71. The van der Waals surface area contributed by atoms with Gasteiger partial charge in [0.2, 0.25) is 0 Å². The minimum atomic E-state index is -1.14. The molecule has 4 heteroatoms. The molecular weight excluding hydrogens is 240 g/mol. The summed E-state index contributed by atoms with van der Waals surface area (Å²) < 4.78 is 0. The second-order valence-corrected chi connectivity index (χ2v) is 5.43. The Morgan fingerprint density at radius 1 is 1.37 bits per heavy atom. The largest absolute Gasteiger partial charge is 0.480 e. The number of hydrogen-bond donors (Lipinski definition) is 3. The topological polar surface area (TPSA) is 79.1 Å². The van der Waals surface area contributed by atoms with Gasteiger partial charge in [0.15, 0.2) is 0 Å². The Labute approximate surface area is 111 Å². The van der Waals surface area contributed by atoms with Crippen LogP contribution >= 0.6 is 0 Å². The molecule has 2 atom stereocenters. The van der Waals surface area contributed by atoms with E-state index >= 15 is 0 Å². The number of carbonyl (C=O) groups is 1. The standard InChI is InChI=1S/C15H18N2O2/c16-15(14(18)19)8-4-3-6-12(15)11-9-17-13-7-2-1-5-10(11)13/h1-2,5,7,9,12,17H,3-4,6,8,16H2,(H,18,19). The van der Waals surface area contributed by atoms with Gasteiger partial charge >= 0.3 is 5.97 Å². The van der Waals surface area contributed by atoms with E-state index in [0.29, 0.717) is 6.42 Å². The van der Waals surface area contributed by atoms with E-state index in [9.17, 15) is 9.90 Å². The van der Waals surface area contributed by atoms with Crippen molar-refractivity contribution >= 4 is 16.9 Å². The molecule has 1 aromatic heterocycles. The van der Waals surface area contributed by atoms with Gasteiger partial charge in [0.25, 0.3) is 0 Å². The molecule has 1 fully saturated rings. The van der Waals surface area contributed by atoms with E-state index < -0.39 is 11.5 Å². The molecular formula is C15H18N2O2. The lowest BCUT2D eigenvalue weighted by molar-refractivity contribution is -0.145. The maximum Gasteiger partial charge on any atom is 0.324 e. The second-order valence-electron chi connectivity index (χ2n) is 5.43. The molecule has 0 bridgehead atoms. The van der Waals surface area contributed by atoms with Gasteiger partial charge in [-0.15, -0.1) is 0 Å². The molecule has 2 unspecified atom stereocenters. The van der Waals surface area contributed by atoms with Crippen molar-refractivity contribution < 1.29 is 9.90 Å². The van der Waals surface area contributed by atoms with E-state index in [4.69, 9.17) is 5.73 Å².